The molecule has 1 aromatic heterocycles. The van der Waals surface area contributed by atoms with Gasteiger partial charge >= 0.3 is 0 Å². The Labute approximate surface area is 122 Å². The molecule has 0 spiro atoms. The Morgan fingerprint density at radius 1 is 1.33 bits per heavy atom. The van der Waals surface area contributed by atoms with Crippen LogP contribution in [0.25, 0.3) is 0 Å². The zero-order valence-electron chi connectivity index (χ0n) is 11.8. The van der Waals surface area contributed by atoms with E-state index in [0.717, 1.165) is 5.56 Å². The lowest BCUT2D eigenvalue weighted by molar-refractivity contribution is 0.0951. The van der Waals surface area contributed by atoms with Crippen molar-refractivity contribution in [2.24, 2.45) is 0 Å². The van der Waals surface area contributed by atoms with Gasteiger partial charge in [-0.3, -0.25) is 4.79 Å². The van der Waals surface area contributed by atoms with Crippen molar-refractivity contribution in [2.45, 2.75) is 6.54 Å². The summed E-state index contributed by atoms with van der Waals surface area (Å²) in [5.74, 6) is -0.307. The summed E-state index contributed by atoms with van der Waals surface area (Å²) in [6.45, 7) is 0.301. The smallest absolute Gasteiger partial charge is 0.253 e. The van der Waals surface area contributed by atoms with E-state index in [1.165, 1.54) is 19.2 Å². The molecule has 0 radical (unpaired) electrons. The normalized spacial score (nSPS) is 10.0. The van der Waals surface area contributed by atoms with Crippen molar-refractivity contribution >= 4 is 11.6 Å². The van der Waals surface area contributed by atoms with Crippen molar-refractivity contribution in [3.8, 4) is 5.88 Å². The van der Waals surface area contributed by atoms with Crippen molar-refractivity contribution in [1.29, 1.82) is 0 Å². The van der Waals surface area contributed by atoms with Gasteiger partial charge in [0.05, 0.1) is 18.4 Å². The monoisotopic (exact) mass is 289 g/mol. The number of carbonyl (C=O) groups excluding carboxylic acids is 1. The number of halogens is 1. The molecule has 0 saturated heterocycles. The van der Waals surface area contributed by atoms with Crippen molar-refractivity contribution in [3.05, 3.63) is 53.5 Å². The van der Waals surface area contributed by atoms with Crippen LogP contribution in [0, 0.1) is 5.82 Å². The number of amides is 1. The highest BCUT2D eigenvalue weighted by Gasteiger charge is 2.13. The number of nitrogens with zero attached hydrogens (tertiary/aromatic N) is 1. The highest BCUT2D eigenvalue weighted by molar-refractivity contribution is 5.99. The summed E-state index contributed by atoms with van der Waals surface area (Å²) in [5, 5.41) is 5.42. The number of aromatic nitrogens is 1. The second kappa shape index (κ2) is 6.69. The molecule has 21 heavy (non-hydrogen) atoms. The minimum absolute atomic E-state index is 0.183. The molecular weight excluding hydrogens is 273 g/mol. The summed E-state index contributed by atoms with van der Waals surface area (Å²) in [7, 11) is 3.11. The second-order valence-corrected chi connectivity index (χ2v) is 4.30. The van der Waals surface area contributed by atoms with Gasteiger partial charge in [0.15, 0.2) is 0 Å². The van der Waals surface area contributed by atoms with E-state index in [9.17, 15) is 9.18 Å². The maximum atomic E-state index is 13.6. The van der Waals surface area contributed by atoms with E-state index in [-0.39, 0.29) is 17.2 Å². The highest BCUT2D eigenvalue weighted by atomic mass is 19.1. The molecule has 2 aromatic rings. The lowest BCUT2D eigenvalue weighted by Gasteiger charge is -2.10. The Hall–Kier alpha value is -2.63. The summed E-state index contributed by atoms with van der Waals surface area (Å²) in [6.07, 6.45) is 1.61. The Morgan fingerprint density at radius 3 is 2.76 bits per heavy atom. The van der Waals surface area contributed by atoms with Gasteiger partial charge in [0, 0.05) is 25.9 Å². The van der Waals surface area contributed by atoms with Crippen LogP contribution >= 0.6 is 0 Å². The lowest BCUT2D eigenvalue weighted by atomic mass is 10.1. The van der Waals surface area contributed by atoms with Crippen LogP contribution in [0.15, 0.2) is 36.5 Å². The second-order valence-electron chi connectivity index (χ2n) is 4.30. The predicted molar refractivity (Wildman–Crippen MR) is 77.9 cm³/mol. The molecule has 1 aromatic carbocycles. The molecule has 2 rings (SSSR count). The van der Waals surface area contributed by atoms with Crippen LogP contribution < -0.4 is 15.4 Å². The average molecular weight is 289 g/mol. The van der Waals surface area contributed by atoms with Crippen LogP contribution in [0.1, 0.15) is 15.9 Å². The SMILES string of the molecule is CNc1c(F)cccc1C(=O)NCc1ccc(OC)nc1. The summed E-state index contributed by atoms with van der Waals surface area (Å²) in [5.41, 5.74) is 1.27. The molecule has 5 nitrogen and oxygen atoms in total. The molecule has 0 atom stereocenters. The summed E-state index contributed by atoms with van der Waals surface area (Å²) in [4.78, 5) is 16.2. The summed E-state index contributed by atoms with van der Waals surface area (Å²) in [6, 6.07) is 7.88. The van der Waals surface area contributed by atoms with Gasteiger partial charge in [-0.2, -0.15) is 0 Å². The first-order valence-electron chi connectivity index (χ1n) is 6.39. The number of ether oxygens (including phenoxy) is 1. The Kier molecular flexibility index (Phi) is 4.71. The molecule has 110 valence electrons. The molecule has 0 aliphatic carbocycles. The van der Waals surface area contributed by atoms with E-state index in [4.69, 9.17) is 4.74 Å². The topological polar surface area (TPSA) is 63.2 Å². The summed E-state index contributed by atoms with van der Waals surface area (Å²) < 4.78 is 18.6. The fourth-order valence-corrected chi connectivity index (χ4v) is 1.88. The predicted octanol–water partition coefficient (Wildman–Crippen LogP) is 2.20. The number of hydrogen-bond acceptors (Lipinski definition) is 4. The van der Waals surface area contributed by atoms with Gasteiger partial charge in [-0.05, 0) is 17.7 Å². The van der Waals surface area contributed by atoms with Crippen LogP contribution in [0.2, 0.25) is 0 Å². The Balaban J connectivity index is 2.06. The van der Waals surface area contributed by atoms with E-state index in [2.05, 4.69) is 15.6 Å². The molecular formula is C15H16FN3O2. The van der Waals surface area contributed by atoms with Gasteiger partial charge in [-0.1, -0.05) is 12.1 Å². The molecule has 0 aliphatic heterocycles. The molecule has 0 saturated carbocycles. The number of nitrogens with one attached hydrogen (secondary N) is 2. The molecule has 1 heterocycles. The van der Waals surface area contributed by atoms with E-state index < -0.39 is 5.82 Å². The Bertz CT molecular complexity index is 629. The molecule has 0 unspecified atom stereocenters. The van der Waals surface area contributed by atoms with Crippen LogP contribution in [-0.4, -0.2) is 25.0 Å². The van der Waals surface area contributed by atoms with Gasteiger partial charge in [0.2, 0.25) is 5.88 Å². The number of benzene rings is 1. The molecule has 2 N–H and O–H groups in total. The van der Waals surface area contributed by atoms with Gasteiger partial charge in [0.25, 0.3) is 5.91 Å². The van der Waals surface area contributed by atoms with E-state index in [1.807, 2.05) is 0 Å². The third-order valence-corrected chi connectivity index (χ3v) is 2.97. The van der Waals surface area contributed by atoms with E-state index in [1.54, 1.807) is 31.4 Å². The largest absolute Gasteiger partial charge is 0.481 e. The highest BCUT2D eigenvalue weighted by Crippen LogP contribution is 2.19. The zero-order valence-corrected chi connectivity index (χ0v) is 11.8. The number of methoxy groups -OCH3 is 1. The maximum Gasteiger partial charge on any atom is 0.253 e. The molecule has 0 aliphatic rings. The first-order chi connectivity index (χ1) is 10.2. The van der Waals surface area contributed by atoms with Crippen LogP contribution in [0.5, 0.6) is 5.88 Å². The maximum absolute atomic E-state index is 13.6. The fraction of sp³-hybridized carbons (Fsp3) is 0.200. The quantitative estimate of drug-likeness (QED) is 0.885. The van der Waals surface area contributed by atoms with Gasteiger partial charge in [-0.25, -0.2) is 9.37 Å². The van der Waals surface area contributed by atoms with Crippen LogP contribution in [0.4, 0.5) is 10.1 Å². The van der Waals surface area contributed by atoms with E-state index >= 15 is 0 Å². The minimum atomic E-state index is -0.462. The first kappa shape index (κ1) is 14.8. The van der Waals surface area contributed by atoms with E-state index in [0.29, 0.717) is 12.4 Å². The van der Waals surface area contributed by atoms with Gasteiger partial charge in [-0.15, -0.1) is 0 Å². The number of rotatable bonds is 5. The molecule has 0 bridgehead atoms. The molecule has 1 amide bonds. The molecule has 6 heteroatoms. The minimum Gasteiger partial charge on any atom is -0.481 e. The zero-order chi connectivity index (χ0) is 15.2. The van der Waals surface area contributed by atoms with Crippen LogP contribution in [-0.2, 0) is 6.54 Å². The third kappa shape index (κ3) is 3.47. The lowest BCUT2D eigenvalue weighted by Crippen LogP contribution is -2.24. The van der Waals surface area contributed by atoms with Crippen molar-refractivity contribution in [3.63, 3.8) is 0 Å². The number of para-hydroxylation sites is 1. The summed E-state index contributed by atoms with van der Waals surface area (Å²) >= 11 is 0. The standard InChI is InChI=1S/C15H16FN3O2/c1-17-14-11(4-3-5-12(14)16)15(20)19-9-10-6-7-13(21-2)18-8-10/h3-8,17H,9H2,1-2H3,(H,19,20). The van der Waals surface area contributed by atoms with Crippen molar-refractivity contribution < 1.29 is 13.9 Å². The number of carbonyl (C=O) groups is 1. The third-order valence-electron chi connectivity index (χ3n) is 2.97. The van der Waals surface area contributed by atoms with Crippen LogP contribution in [0.3, 0.4) is 0 Å². The Morgan fingerprint density at radius 2 is 2.14 bits per heavy atom. The fourth-order valence-electron chi connectivity index (χ4n) is 1.88. The average Bonchev–Trinajstić information content (AvgIpc) is 2.52. The number of hydrogen-bond donors (Lipinski definition) is 2. The number of pyridine rings is 1. The first-order valence-corrected chi connectivity index (χ1v) is 6.39. The number of anilines is 1. The van der Waals surface area contributed by atoms with Crippen molar-refractivity contribution in [1.82, 2.24) is 10.3 Å². The van der Waals surface area contributed by atoms with Crippen molar-refractivity contribution in [2.75, 3.05) is 19.5 Å². The van der Waals surface area contributed by atoms with Gasteiger partial charge < -0.3 is 15.4 Å². The van der Waals surface area contributed by atoms with Gasteiger partial charge in [0.1, 0.15) is 5.82 Å². The molecule has 0 fully saturated rings.